The number of hydrogen-bond donors (Lipinski definition) is 1. The van der Waals surface area contributed by atoms with Crippen LogP contribution in [0.2, 0.25) is 0 Å². The number of nitriles is 2. The lowest BCUT2D eigenvalue weighted by Crippen LogP contribution is -2.22. The third-order valence-corrected chi connectivity index (χ3v) is 2.14. The van der Waals surface area contributed by atoms with Gasteiger partial charge in [-0.05, 0) is 27.7 Å². The molecule has 1 saturated heterocycles. The molecular weight excluding hydrogens is 260 g/mol. The summed E-state index contributed by atoms with van der Waals surface area (Å²) in [5.74, 6) is -0.0856. The molecule has 6 heteroatoms. The second kappa shape index (κ2) is 11.0. The average molecular weight is 282 g/mol. The molecule has 1 rings (SSSR count). The minimum Gasteiger partial charge on any atom is -0.465 e. The third-order valence-electron chi connectivity index (χ3n) is 2.14. The van der Waals surface area contributed by atoms with Gasteiger partial charge in [0.25, 0.3) is 0 Å². The molecule has 0 aromatic heterocycles. The molecule has 1 aliphatic rings. The van der Waals surface area contributed by atoms with Gasteiger partial charge in [0, 0.05) is 12.3 Å². The minimum atomic E-state index is -0.942. The maximum Gasteiger partial charge on any atom is 0.309 e. The number of aliphatic hydroxyl groups is 1. The number of hydrogen-bond acceptors (Lipinski definition) is 6. The highest BCUT2D eigenvalue weighted by molar-refractivity contribution is 5.86. The molecule has 0 radical (unpaired) electrons. The van der Waals surface area contributed by atoms with Gasteiger partial charge < -0.3 is 9.84 Å². The van der Waals surface area contributed by atoms with E-state index in [0.29, 0.717) is 13.0 Å². The van der Waals surface area contributed by atoms with E-state index in [4.69, 9.17) is 15.6 Å². The van der Waals surface area contributed by atoms with E-state index in [0.717, 1.165) is 0 Å². The molecule has 0 aliphatic carbocycles. The highest BCUT2D eigenvalue weighted by Gasteiger charge is 2.25. The monoisotopic (exact) mass is 282 g/mol. The van der Waals surface area contributed by atoms with Crippen LogP contribution >= 0.6 is 0 Å². The van der Waals surface area contributed by atoms with E-state index in [2.05, 4.69) is 4.74 Å². The summed E-state index contributed by atoms with van der Waals surface area (Å²) in [5, 5.41) is 24.7. The standard InChI is InChI=1S/C7H11NO2.C4H7N.C3H4O2/c1-7(2,5-8)6(10)3-4-9;1-4(2)3-5;4-3-1-2-5-3/h9H,3-4H2,1-2H3;4H,1-2H3;1-2H2. The maximum atomic E-state index is 10.9. The first-order chi connectivity index (χ1) is 9.21. The first-order valence-electron chi connectivity index (χ1n) is 6.31. The summed E-state index contributed by atoms with van der Waals surface area (Å²) < 4.78 is 4.29. The van der Waals surface area contributed by atoms with Gasteiger partial charge in [0.2, 0.25) is 0 Å². The number of esters is 1. The Morgan fingerprint density at radius 1 is 1.45 bits per heavy atom. The van der Waals surface area contributed by atoms with Crippen molar-refractivity contribution in [2.75, 3.05) is 13.2 Å². The van der Waals surface area contributed by atoms with Crippen LogP contribution in [0.4, 0.5) is 0 Å². The maximum absolute atomic E-state index is 10.9. The van der Waals surface area contributed by atoms with Crippen LogP contribution in [0.5, 0.6) is 0 Å². The van der Waals surface area contributed by atoms with Crippen molar-refractivity contribution in [2.24, 2.45) is 11.3 Å². The molecule has 0 unspecified atom stereocenters. The minimum absolute atomic E-state index is 0.0648. The quantitative estimate of drug-likeness (QED) is 0.787. The fraction of sp³-hybridized carbons (Fsp3) is 0.714. The molecule has 0 saturated carbocycles. The summed E-state index contributed by atoms with van der Waals surface area (Å²) in [4.78, 5) is 20.6. The summed E-state index contributed by atoms with van der Waals surface area (Å²) >= 11 is 0. The topological polar surface area (TPSA) is 111 Å². The van der Waals surface area contributed by atoms with Crippen molar-refractivity contribution in [3.63, 3.8) is 0 Å². The number of Topliss-reactive ketones (excluding diaryl/α,β-unsaturated/α-hetero) is 1. The molecule has 1 aliphatic heterocycles. The van der Waals surface area contributed by atoms with E-state index in [1.165, 1.54) is 0 Å². The van der Waals surface area contributed by atoms with Gasteiger partial charge in [0.1, 0.15) is 12.0 Å². The highest BCUT2D eigenvalue weighted by atomic mass is 16.6. The predicted molar refractivity (Wildman–Crippen MR) is 72.1 cm³/mol. The molecule has 0 aromatic carbocycles. The molecule has 6 nitrogen and oxygen atoms in total. The van der Waals surface area contributed by atoms with Crippen LogP contribution in [0.1, 0.15) is 40.5 Å². The van der Waals surface area contributed by atoms with Crippen molar-refractivity contribution in [3.8, 4) is 12.1 Å². The fourth-order valence-corrected chi connectivity index (χ4v) is 0.662. The molecule has 1 N–H and O–H groups in total. The second-order valence-electron chi connectivity index (χ2n) is 4.89. The van der Waals surface area contributed by atoms with E-state index in [9.17, 15) is 9.59 Å². The van der Waals surface area contributed by atoms with E-state index >= 15 is 0 Å². The molecule has 0 spiro atoms. The molecule has 0 atom stereocenters. The Balaban J connectivity index is 0. The van der Waals surface area contributed by atoms with Crippen molar-refractivity contribution >= 4 is 11.8 Å². The van der Waals surface area contributed by atoms with Crippen LogP contribution < -0.4 is 0 Å². The zero-order chi connectivity index (χ0) is 16.2. The summed E-state index contributed by atoms with van der Waals surface area (Å²) in [7, 11) is 0. The van der Waals surface area contributed by atoms with Gasteiger partial charge in [-0.2, -0.15) is 10.5 Å². The van der Waals surface area contributed by atoms with Gasteiger partial charge in [0.05, 0.1) is 25.2 Å². The Morgan fingerprint density at radius 3 is 2.00 bits per heavy atom. The number of aliphatic hydroxyl groups excluding tert-OH is 1. The number of cyclic esters (lactones) is 1. The van der Waals surface area contributed by atoms with Gasteiger partial charge in [0.15, 0.2) is 5.78 Å². The van der Waals surface area contributed by atoms with E-state index in [1.54, 1.807) is 13.8 Å². The Kier molecular flexibility index (Phi) is 11.2. The highest BCUT2D eigenvalue weighted by Crippen LogP contribution is 2.15. The Morgan fingerprint density at radius 2 is 1.85 bits per heavy atom. The van der Waals surface area contributed by atoms with Crippen molar-refractivity contribution in [1.82, 2.24) is 0 Å². The van der Waals surface area contributed by atoms with Gasteiger partial charge in [-0.25, -0.2) is 0 Å². The zero-order valence-electron chi connectivity index (χ0n) is 12.5. The van der Waals surface area contributed by atoms with Crippen molar-refractivity contribution in [3.05, 3.63) is 0 Å². The first-order valence-corrected chi connectivity index (χ1v) is 6.31. The van der Waals surface area contributed by atoms with Crippen LogP contribution in [-0.2, 0) is 14.3 Å². The SMILES string of the molecule is CC(C)(C#N)C(=O)CCO.CC(C)C#N.O=C1CCO1. The Hall–Kier alpha value is -1.92. The molecule has 1 heterocycles. The Bertz CT molecular complexity index is 383. The third kappa shape index (κ3) is 11.2. The smallest absolute Gasteiger partial charge is 0.309 e. The van der Waals surface area contributed by atoms with Crippen LogP contribution in [0.3, 0.4) is 0 Å². The van der Waals surface area contributed by atoms with E-state index < -0.39 is 5.41 Å². The molecule has 112 valence electrons. The van der Waals surface area contributed by atoms with E-state index in [1.807, 2.05) is 26.0 Å². The number of carbonyl (C=O) groups excluding carboxylic acids is 2. The largest absolute Gasteiger partial charge is 0.465 e. The molecule has 0 bridgehead atoms. The number of ketones is 1. The van der Waals surface area contributed by atoms with Gasteiger partial charge in [-0.1, -0.05) is 0 Å². The number of ether oxygens (including phenoxy) is 1. The van der Waals surface area contributed by atoms with Crippen molar-refractivity contribution in [1.29, 1.82) is 10.5 Å². The van der Waals surface area contributed by atoms with Crippen molar-refractivity contribution < 1.29 is 19.4 Å². The van der Waals surface area contributed by atoms with Gasteiger partial charge in [-0.15, -0.1) is 0 Å². The molecular formula is C14H22N2O4. The summed E-state index contributed by atoms with van der Waals surface area (Å²) in [6, 6.07) is 3.89. The lowest BCUT2D eigenvalue weighted by atomic mass is 9.88. The van der Waals surface area contributed by atoms with Crippen LogP contribution in [-0.4, -0.2) is 30.1 Å². The number of nitrogens with zero attached hydrogens (tertiary/aromatic N) is 2. The molecule has 0 aromatic rings. The Labute approximate surface area is 120 Å². The number of carbonyl (C=O) groups is 2. The molecule has 0 amide bonds. The summed E-state index contributed by atoms with van der Waals surface area (Å²) in [6.07, 6.45) is 0.695. The van der Waals surface area contributed by atoms with Crippen LogP contribution in [0.25, 0.3) is 0 Å². The molecule has 1 fully saturated rings. The zero-order valence-corrected chi connectivity index (χ0v) is 12.5. The van der Waals surface area contributed by atoms with Crippen LogP contribution in [0, 0.1) is 34.0 Å². The van der Waals surface area contributed by atoms with Crippen molar-refractivity contribution in [2.45, 2.75) is 40.5 Å². The summed E-state index contributed by atoms with van der Waals surface area (Å²) in [6.45, 7) is 7.28. The van der Waals surface area contributed by atoms with Gasteiger partial charge >= 0.3 is 5.97 Å². The predicted octanol–water partition coefficient (Wildman–Crippen LogP) is 1.59. The van der Waals surface area contributed by atoms with Crippen LogP contribution in [0.15, 0.2) is 0 Å². The lowest BCUT2D eigenvalue weighted by molar-refractivity contribution is -0.157. The summed E-state index contributed by atoms with van der Waals surface area (Å²) in [5.41, 5.74) is -0.942. The lowest BCUT2D eigenvalue weighted by Gasteiger charge is -2.11. The average Bonchev–Trinajstić information content (AvgIpc) is 2.38. The normalized spacial score (nSPS) is 12.3. The number of rotatable bonds is 3. The second-order valence-corrected chi connectivity index (χ2v) is 4.89. The van der Waals surface area contributed by atoms with E-state index in [-0.39, 0.29) is 30.7 Å². The first kappa shape index (κ1) is 20.4. The van der Waals surface area contributed by atoms with Gasteiger partial charge in [-0.3, -0.25) is 9.59 Å². The fourth-order valence-electron chi connectivity index (χ4n) is 0.662. The molecule has 20 heavy (non-hydrogen) atoms.